The summed E-state index contributed by atoms with van der Waals surface area (Å²) in [7, 11) is 0. The van der Waals surface area contributed by atoms with E-state index in [0.29, 0.717) is 6.42 Å². The highest BCUT2D eigenvalue weighted by atomic mass is 16.2. The van der Waals surface area contributed by atoms with Crippen molar-refractivity contribution in [2.24, 2.45) is 0 Å². The maximum absolute atomic E-state index is 11.3. The van der Waals surface area contributed by atoms with Crippen LogP contribution in [0.25, 0.3) is 0 Å². The zero-order valence-electron chi connectivity index (χ0n) is 9.24. The number of amides is 2. The van der Waals surface area contributed by atoms with Gasteiger partial charge in [-0.1, -0.05) is 0 Å². The third-order valence-electron chi connectivity index (χ3n) is 2.61. The Kier molecular flexibility index (Phi) is 3.57. The fourth-order valence-corrected chi connectivity index (χ4v) is 1.81. The number of nitrogens with one attached hydrogen (secondary N) is 1. The van der Waals surface area contributed by atoms with Gasteiger partial charge in [0.1, 0.15) is 5.78 Å². The van der Waals surface area contributed by atoms with Crippen LogP contribution in [0.2, 0.25) is 0 Å². The SMILES string of the molecule is CC(=O)CC(C)N1CC(=O)NC(=O)C1C. The summed E-state index contributed by atoms with van der Waals surface area (Å²) < 4.78 is 0. The molecule has 0 spiro atoms. The van der Waals surface area contributed by atoms with E-state index in [4.69, 9.17) is 0 Å². The number of carbonyl (C=O) groups is 3. The average molecular weight is 212 g/mol. The van der Waals surface area contributed by atoms with Crippen molar-refractivity contribution in [3.05, 3.63) is 0 Å². The molecule has 1 aliphatic heterocycles. The van der Waals surface area contributed by atoms with Gasteiger partial charge in [0.05, 0.1) is 12.6 Å². The smallest absolute Gasteiger partial charge is 0.243 e. The first-order chi connectivity index (χ1) is 6.91. The van der Waals surface area contributed by atoms with Crippen LogP contribution in [-0.4, -0.2) is 41.1 Å². The number of imide groups is 1. The first-order valence-corrected chi connectivity index (χ1v) is 5.00. The molecule has 0 aliphatic carbocycles. The number of ketones is 1. The maximum Gasteiger partial charge on any atom is 0.243 e. The van der Waals surface area contributed by atoms with E-state index in [1.807, 2.05) is 6.92 Å². The van der Waals surface area contributed by atoms with Crippen LogP contribution in [0, 0.1) is 0 Å². The van der Waals surface area contributed by atoms with E-state index >= 15 is 0 Å². The second-order valence-corrected chi connectivity index (χ2v) is 4.02. The lowest BCUT2D eigenvalue weighted by molar-refractivity contribution is -0.141. The minimum Gasteiger partial charge on any atom is -0.300 e. The molecule has 15 heavy (non-hydrogen) atoms. The number of piperazine rings is 1. The Labute approximate surface area is 88.8 Å². The summed E-state index contributed by atoms with van der Waals surface area (Å²) in [6.07, 6.45) is 0.366. The summed E-state index contributed by atoms with van der Waals surface area (Å²) in [5.41, 5.74) is 0. The van der Waals surface area contributed by atoms with Gasteiger partial charge in [0, 0.05) is 12.5 Å². The number of Topliss-reactive ketones (excluding diaryl/α,β-unsaturated/α-hetero) is 1. The van der Waals surface area contributed by atoms with Gasteiger partial charge in [0.2, 0.25) is 11.8 Å². The lowest BCUT2D eigenvalue weighted by Crippen LogP contribution is -2.59. The molecule has 2 amide bonds. The normalized spacial score (nSPS) is 24.9. The largest absolute Gasteiger partial charge is 0.300 e. The second kappa shape index (κ2) is 4.53. The van der Waals surface area contributed by atoms with E-state index in [9.17, 15) is 14.4 Å². The third-order valence-corrected chi connectivity index (χ3v) is 2.61. The first-order valence-electron chi connectivity index (χ1n) is 5.00. The van der Waals surface area contributed by atoms with Gasteiger partial charge in [0.15, 0.2) is 0 Å². The van der Waals surface area contributed by atoms with Gasteiger partial charge in [0.25, 0.3) is 0 Å². The lowest BCUT2D eigenvalue weighted by atomic mass is 10.1. The molecule has 1 aliphatic rings. The maximum atomic E-state index is 11.3. The molecule has 0 radical (unpaired) electrons. The van der Waals surface area contributed by atoms with Gasteiger partial charge in [-0.2, -0.15) is 0 Å². The number of hydrogen-bond acceptors (Lipinski definition) is 4. The molecule has 0 aromatic rings. The Bertz CT molecular complexity index is 301. The predicted molar refractivity (Wildman–Crippen MR) is 54.1 cm³/mol. The summed E-state index contributed by atoms with van der Waals surface area (Å²) >= 11 is 0. The Balaban J connectivity index is 2.70. The summed E-state index contributed by atoms with van der Waals surface area (Å²) in [5.74, 6) is -0.525. The van der Waals surface area contributed by atoms with E-state index in [1.54, 1.807) is 11.8 Å². The van der Waals surface area contributed by atoms with Crippen LogP contribution in [0.1, 0.15) is 27.2 Å². The van der Waals surface area contributed by atoms with Crippen LogP contribution in [0.15, 0.2) is 0 Å². The number of carbonyl (C=O) groups excluding carboxylic acids is 3. The summed E-state index contributed by atoms with van der Waals surface area (Å²) in [6.45, 7) is 5.27. The van der Waals surface area contributed by atoms with Crippen LogP contribution >= 0.6 is 0 Å². The van der Waals surface area contributed by atoms with Crippen LogP contribution < -0.4 is 5.32 Å². The van der Waals surface area contributed by atoms with Gasteiger partial charge in [-0.3, -0.25) is 24.6 Å². The molecule has 2 unspecified atom stereocenters. The van der Waals surface area contributed by atoms with Crippen LogP contribution in [-0.2, 0) is 14.4 Å². The summed E-state index contributed by atoms with van der Waals surface area (Å²) in [6, 6.07) is -0.426. The van der Waals surface area contributed by atoms with Gasteiger partial charge in [-0.05, 0) is 20.8 Å². The van der Waals surface area contributed by atoms with Gasteiger partial charge in [-0.15, -0.1) is 0 Å². The molecule has 1 N–H and O–H groups in total. The number of nitrogens with zero attached hydrogens (tertiary/aromatic N) is 1. The fourth-order valence-electron chi connectivity index (χ4n) is 1.81. The van der Waals surface area contributed by atoms with Crippen molar-refractivity contribution in [3.8, 4) is 0 Å². The molecule has 84 valence electrons. The second-order valence-electron chi connectivity index (χ2n) is 4.02. The van der Waals surface area contributed by atoms with E-state index < -0.39 is 0 Å². The molecule has 1 fully saturated rings. The molecular formula is C10H16N2O3. The van der Waals surface area contributed by atoms with Crippen molar-refractivity contribution < 1.29 is 14.4 Å². The lowest BCUT2D eigenvalue weighted by Gasteiger charge is -2.35. The minimum absolute atomic E-state index is 0.0631. The molecule has 1 rings (SSSR count). The van der Waals surface area contributed by atoms with E-state index in [0.717, 1.165) is 0 Å². The van der Waals surface area contributed by atoms with Crippen molar-refractivity contribution >= 4 is 17.6 Å². The molecule has 5 heteroatoms. The highest BCUT2D eigenvalue weighted by molar-refractivity contribution is 6.00. The fraction of sp³-hybridized carbons (Fsp3) is 0.700. The minimum atomic E-state index is -0.350. The average Bonchev–Trinajstić information content (AvgIpc) is 2.09. The molecule has 0 aromatic carbocycles. The van der Waals surface area contributed by atoms with Crippen molar-refractivity contribution in [1.82, 2.24) is 10.2 Å². The van der Waals surface area contributed by atoms with Gasteiger partial charge < -0.3 is 0 Å². The summed E-state index contributed by atoms with van der Waals surface area (Å²) in [4.78, 5) is 35.2. The number of hydrogen-bond donors (Lipinski definition) is 1. The Morgan fingerprint density at radius 3 is 2.73 bits per heavy atom. The highest BCUT2D eigenvalue weighted by Crippen LogP contribution is 2.12. The van der Waals surface area contributed by atoms with E-state index in [1.165, 1.54) is 6.92 Å². The quantitative estimate of drug-likeness (QED) is 0.652. The highest BCUT2D eigenvalue weighted by Gasteiger charge is 2.33. The van der Waals surface area contributed by atoms with Crippen LogP contribution in [0.3, 0.4) is 0 Å². The van der Waals surface area contributed by atoms with Gasteiger partial charge >= 0.3 is 0 Å². The Morgan fingerprint density at radius 2 is 2.20 bits per heavy atom. The van der Waals surface area contributed by atoms with E-state index in [2.05, 4.69) is 5.32 Å². The summed E-state index contributed by atoms with van der Waals surface area (Å²) in [5, 5.41) is 2.26. The predicted octanol–water partition coefficient (Wildman–Crippen LogP) is -0.299. The van der Waals surface area contributed by atoms with Crippen molar-refractivity contribution in [2.75, 3.05) is 6.54 Å². The van der Waals surface area contributed by atoms with Crippen molar-refractivity contribution in [2.45, 2.75) is 39.3 Å². The molecule has 5 nitrogen and oxygen atoms in total. The molecule has 0 saturated carbocycles. The standard InChI is InChI=1S/C10H16N2O3/c1-6(4-7(2)13)12-5-9(14)11-10(15)8(12)3/h6,8H,4-5H2,1-3H3,(H,11,14,15). The first kappa shape index (κ1) is 11.8. The molecule has 0 bridgehead atoms. The Morgan fingerprint density at radius 1 is 1.60 bits per heavy atom. The van der Waals surface area contributed by atoms with Crippen LogP contribution in [0.5, 0.6) is 0 Å². The molecule has 1 heterocycles. The number of rotatable bonds is 3. The molecule has 0 aromatic heterocycles. The molecular weight excluding hydrogens is 196 g/mol. The van der Waals surface area contributed by atoms with Crippen LogP contribution in [0.4, 0.5) is 0 Å². The zero-order valence-corrected chi connectivity index (χ0v) is 9.24. The molecule has 1 saturated heterocycles. The van der Waals surface area contributed by atoms with Gasteiger partial charge in [-0.25, -0.2) is 0 Å². The molecule has 2 atom stereocenters. The zero-order chi connectivity index (χ0) is 11.6. The van der Waals surface area contributed by atoms with Crippen molar-refractivity contribution in [3.63, 3.8) is 0 Å². The Hall–Kier alpha value is -1.23. The third kappa shape index (κ3) is 2.86. The monoisotopic (exact) mass is 212 g/mol. The van der Waals surface area contributed by atoms with E-state index in [-0.39, 0.29) is 36.2 Å². The topological polar surface area (TPSA) is 66.5 Å². The van der Waals surface area contributed by atoms with Crippen molar-refractivity contribution in [1.29, 1.82) is 0 Å².